The monoisotopic (exact) mass is 268 g/mol. The molecular formula is C12H13ClN2O3. The summed E-state index contributed by atoms with van der Waals surface area (Å²) in [6.45, 7) is 2.63. The van der Waals surface area contributed by atoms with Crippen molar-refractivity contribution in [1.82, 2.24) is 4.90 Å². The van der Waals surface area contributed by atoms with E-state index < -0.39 is 4.92 Å². The van der Waals surface area contributed by atoms with E-state index >= 15 is 0 Å². The van der Waals surface area contributed by atoms with Crippen molar-refractivity contribution in [2.24, 2.45) is 0 Å². The molecule has 0 saturated carbocycles. The Labute approximate surface area is 109 Å². The molecule has 2 rings (SSSR count). The van der Waals surface area contributed by atoms with Crippen molar-refractivity contribution < 1.29 is 9.72 Å². The number of rotatable bonds is 2. The first-order valence-corrected chi connectivity index (χ1v) is 6.11. The van der Waals surface area contributed by atoms with Gasteiger partial charge in [-0.05, 0) is 19.4 Å². The summed E-state index contributed by atoms with van der Waals surface area (Å²) in [6, 6.07) is 4.78. The second-order valence-corrected chi connectivity index (χ2v) is 4.98. The van der Waals surface area contributed by atoms with E-state index in [0.29, 0.717) is 18.7 Å². The Bertz CT molecular complexity index is 504. The third-order valence-corrected chi connectivity index (χ3v) is 3.42. The highest BCUT2D eigenvalue weighted by Crippen LogP contribution is 2.26. The largest absolute Gasteiger partial charge is 0.337 e. The molecule has 1 heterocycles. The fourth-order valence-corrected chi connectivity index (χ4v) is 2.41. The molecule has 0 spiro atoms. The van der Waals surface area contributed by atoms with Gasteiger partial charge in [-0.25, -0.2) is 0 Å². The van der Waals surface area contributed by atoms with Gasteiger partial charge in [0.15, 0.2) is 0 Å². The molecule has 18 heavy (non-hydrogen) atoms. The highest BCUT2D eigenvalue weighted by atomic mass is 35.5. The van der Waals surface area contributed by atoms with Crippen LogP contribution in [-0.2, 0) is 0 Å². The molecule has 1 aliphatic rings. The fraction of sp³-hybridized carbons (Fsp3) is 0.417. The first-order valence-electron chi connectivity index (χ1n) is 5.68. The molecule has 0 bridgehead atoms. The van der Waals surface area contributed by atoms with Gasteiger partial charge in [0.1, 0.15) is 5.56 Å². The van der Waals surface area contributed by atoms with Crippen LogP contribution in [-0.4, -0.2) is 34.2 Å². The van der Waals surface area contributed by atoms with E-state index in [4.69, 9.17) is 11.6 Å². The van der Waals surface area contributed by atoms with Crippen LogP contribution in [0, 0.1) is 17.0 Å². The summed E-state index contributed by atoms with van der Waals surface area (Å²) >= 11 is 5.94. The summed E-state index contributed by atoms with van der Waals surface area (Å²) in [6.07, 6.45) is 0.729. The van der Waals surface area contributed by atoms with Crippen LogP contribution in [0.4, 0.5) is 5.69 Å². The number of aryl methyl sites for hydroxylation is 1. The molecule has 1 aromatic carbocycles. The van der Waals surface area contributed by atoms with E-state index in [1.807, 2.05) is 0 Å². The van der Waals surface area contributed by atoms with E-state index in [1.165, 1.54) is 6.07 Å². The molecule has 96 valence electrons. The van der Waals surface area contributed by atoms with Crippen molar-refractivity contribution in [3.63, 3.8) is 0 Å². The Morgan fingerprint density at radius 1 is 1.56 bits per heavy atom. The number of nitro groups is 1. The first-order chi connectivity index (χ1) is 8.50. The Balaban J connectivity index is 2.36. The molecule has 1 atom stereocenters. The first kappa shape index (κ1) is 12.8. The standard InChI is InChI=1S/C12H13ClN2O3/c1-8-3-2-4-10(11(8)15(17)18)12(16)14-6-5-9(13)7-14/h2-4,9H,5-7H2,1H3. The van der Waals surface area contributed by atoms with Gasteiger partial charge in [-0.3, -0.25) is 14.9 Å². The predicted molar refractivity (Wildman–Crippen MR) is 68.0 cm³/mol. The number of benzene rings is 1. The molecule has 1 fully saturated rings. The number of halogens is 1. The maximum Gasteiger partial charge on any atom is 0.285 e. The number of nitrogens with zero attached hydrogens (tertiary/aromatic N) is 2. The summed E-state index contributed by atoms with van der Waals surface area (Å²) < 4.78 is 0. The molecule has 0 radical (unpaired) electrons. The van der Waals surface area contributed by atoms with Crippen molar-refractivity contribution in [1.29, 1.82) is 0 Å². The van der Waals surface area contributed by atoms with Crippen LogP contribution in [0.1, 0.15) is 22.3 Å². The molecule has 5 nitrogen and oxygen atoms in total. The van der Waals surface area contributed by atoms with Gasteiger partial charge in [-0.2, -0.15) is 0 Å². The smallest absolute Gasteiger partial charge is 0.285 e. The van der Waals surface area contributed by atoms with Crippen LogP contribution in [0.2, 0.25) is 0 Å². The maximum absolute atomic E-state index is 12.2. The Hall–Kier alpha value is -1.62. The van der Waals surface area contributed by atoms with E-state index in [9.17, 15) is 14.9 Å². The van der Waals surface area contributed by atoms with Gasteiger partial charge in [0, 0.05) is 18.7 Å². The molecular weight excluding hydrogens is 256 g/mol. The van der Waals surface area contributed by atoms with E-state index in [2.05, 4.69) is 0 Å². The van der Waals surface area contributed by atoms with Crippen molar-refractivity contribution in [3.8, 4) is 0 Å². The van der Waals surface area contributed by atoms with E-state index in [1.54, 1.807) is 24.0 Å². The zero-order valence-electron chi connectivity index (χ0n) is 9.93. The van der Waals surface area contributed by atoms with Crippen LogP contribution >= 0.6 is 11.6 Å². The molecule has 0 aromatic heterocycles. The van der Waals surface area contributed by atoms with Crippen LogP contribution in [0.5, 0.6) is 0 Å². The summed E-state index contributed by atoms with van der Waals surface area (Å²) in [4.78, 5) is 24.3. The SMILES string of the molecule is Cc1cccc(C(=O)N2CCC(Cl)C2)c1[N+](=O)[O-]. The van der Waals surface area contributed by atoms with E-state index in [-0.39, 0.29) is 22.5 Å². The minimum atomic E-state index is -0.503. The second-order valence-electron chi connectivity index (χ2n) is 4.37. The van der Waals surface area contributed by atoms with Gasteiger partial charge in [-0.15, -0.1) is 11.6 Å². The molecule has 1 amide bonds. The minimum absolute atomic E-state index is 0.0576. The number of hydrogen-bond acceptors (Lipinski definition) is 3. The lowest BCUT2D eigenvalue weighted by atomic mass is 10.1. The van der Waals surface area contributed by atoms with Crippen LogP contribution in [0.25, 0.3) is 0 Å². The lowest BCUT2D eigenvalue weighted by Gasteiger charge is -2.15. The normalized spacial score (nSPS) is 19.0. The topological polar surface area (TPSA) is 63.5 Å². The van der Waals surface area contributed by atoms with Crippen molar-refractivity contribution in [2.75, 3.05) is 13.1 Å². The average molecular weight is 269 g/mol. The van der Waals surface area contributed by atoms with Gasteiger partial charge in [-0.1, -0.05) is 12.1 Å². The Morgan fingerprint density at radius 3 is 2.83 bits per heavy atom. The number of para-hydroxylation sites is 1. The summed E-state index contributed by atoms with van der Waals surface area (Å²) in [7, 11) is 0. The summed E-state index contributed by atoms with van der Waals surface area (Å²) in [5.74, 6) is -0.312. The predicted octanol–water partition coefficient (Wildman–Crippen LogP) is 2.36. The number of nitro benzene ring substituents is 1. The van der Waals surface area contributed by atoms with Crippen molar-refractivity contribution >= 4 is 23.2 Å². The molecule has 1 aromatic rings. The molecule has 1 aliphatic heterocycles. The summed E-state index contributed by atoms with van der Waals surface area (Å²) in [5, 5.41) is 11.0. The fourth-order valence-electron chi connectivity index (χ4n) is 2.15. The van der Waals surface area contributed by atoms with Crippen LogP contribution in [0.3, 0.4) is 0 Å². The molecule has 1 unspecified atom stereocenters. The van der Waals surface area contributed by atoms with E-state index in [0.717, 1.165) is 6.42 Å². The second kappa shape index (κ2) is 4.94. The van der Waals surface area contributed by atoms with Gasteiger partial charge >= 0.3 is 0 Å². The lowest BCUT2D eigenvalue weighted by molar-refractivity contribution is -0.385. The van der Waals surface area contributed by atoms with Crippen LogP contribution < -0.4 is 0 Å². The maximum atomic E-state index is 12.2. The highest BCUT2D eigenvalue weighted by molar-refractivity contribution is 6.21. The Kier molecular flexibility index (Phi) is 3.52. The third-order valence-electron chi connectivity index (χ3n) is 3.07. The minimum Gasteiger partial charge on any atom is -0.337 e. The molecule has 0 N–H and O–H groups in total. The van der Waals surface area contributed by atoms with Gasteiger partial charge in [0.05, 0.1) is 10.3 Å². The Morgan fingerprint density at radius 2 is 2.28 bits per heavy atom. The number of likely N-dealkylation sites (tertiary alicyclic amines) is 1. The number of carbonyl (C=O) groups excluding carboxylic acids is 1. The van der Waals surface area contributed by atoms with Crippen molar-refractivity contribution in [3.05, 3.63) is 39.4 Å². The zero-order chi connectivity index (χ0) is 13.3. The third kappa shape index (κ3) is 2.31. The lowest BCUT2D eigenvalue weighted by Crippen LogP contribution is -2.29. The molecule has 0 aliphatic carbocycles. The van der Waals surface area contributed by atoms with Gasteiger partial charge in [0.25, 0.3) is 11.6 Å². The average Bonchev–Trinajstić information content (AvgIpc) is 2.74. The zero-order valence-corrected chi connectivity index (χ0v) is 10.7. The van der Waals surface area contributed by atoms with Gasteiger partial charge < -0.3 is 4.90 Å². The van der Waals surface area contributed by atoms with Crippen LogP contribution in [0.15, 0.2) is 18.2 Å². The molecule has 1 saturated heterocycles. The summed E-state index contributed by atoms with van der Waals surface area (Å²) in [5.41, 5.74) is 0.527. The van der Waals surface area contributed by atoms with Gasteiger partial charge in [0.2, 0.25) is 0 Å². The number of alkyl halides is 1. The number of amides is 1. The number of carbonyl (C=O) groups is 1. The van der Waals surface area contributed by atoms with Crippen molar-refractivity contribution in [2.45, 2.75) is 18.7 Å². The quantitative estimate of drug-likeness (QED) is 0.470. The molecule has 6 heteroatoms. The highest BCUT2D eigenvalue weighted by Gasteiger charge is 2.30. The number of hydrogen-bond donors (Lipinski definition) is 0.